The van der Waals surface area contributed by atoms with Gasteiger partial charge in [0.1, 0.15) is 0 Å². The number of rotatable bonds is 0. The normalized spacial score (nSPS) is 13.0. The van der Waals surface area contributed by atoms with Gasteiger partial charge in [-0.2, -0.15) is 0 Å². The molecule has 0 saturated heterocycles. The minimum Gasteiger partial charge on any atom is -0.308 e. The molecule has 0 aliphatic carbocycles. The van der Waals surface area contributed by atoms with Gasteiger partial charge in [-0.15, -0.1) is 0 Å². The van der Waals surface area contributed by atoms with Crippen LogP contribution in [0.2, 0.25) is 0 Å². The molecule has 0 atom stereocenters. The minimum absolute atomic E-state index is 0.0506. The summed E-state index contributed by atoms with van der Waals surface area (Å²) in [7, 11) is 0. The average molecular weight is 498 g/mol. The van der Waals surface area contributed by atoms with Gasteiger partial charge in [0.15, 0.2) is 0 Å². The molecule has 2 heterocycles. The second-order valence-electron chi connectivity index (χ2n) is 12.3. The summed E-state index contributed by atoms with van der Waals surface area (Å²) in [6.45, 7) is 6.98. The predicted molar refractivity (Wildman–Crippen MR) is 170 cm³/mol. The van der Waals surface area contributed by atoms with Gasteiger partial charge in [-0.1, -0.05) is 93.6 Å². The van der Waals surface area contributed by atoms with E-state index >= 15 is 0 Å². The topological polar surface area (TPSA) is 4.41 Å². The van der Waals surface area contributed by atoms with Gasteiger partial charge in [-0.25, -0.2) is 0 Å². The maximum Gasteiger partial charge on any atom is 0.0620 e. The number of aromatic nitrogens is 1. The first kappa shape index (κ1) is 21.3. The Morgan fingerprint density at radius 1 is 0.410 bits per heavy atom. The van der Waals surface area contributed by atoms with Crippen LogP contribution in [0.15, 0.2) is 109 Å². The predicted octanol–water partition coefficient (Wildman–Crippen LogP) is 10.7. The van der Waals surface area contributed by atoms with Crippen molar-refractivity contribution in [2.24, 2.45) is 0 Å². The molecule has 0 spiro atoms. The smallest absolute Gasteiger partial charge is 0.0620 e. The molecule has 0 bridgehead atoms. The zero-order chi connectivity index (χ0) is 26.0. The summed E-state index contributed by atoms with van der Waals surface area (Å²) < 4.78 is 2.53. The molecule has 1 nitrogen and oxygen atoms in total. The molecule has 9 aromatic rings. The lowest BCUT2D eigenvalue weighted by Gasteiger charge is -2.19. The van der Waals surface area contributed by atoms with E-state index in [2.05, 4.69) is 134 Å². The van der Waals surface area contributed by atoms with E-state index in [-0.39, 0.29) is 5.41 Å². The molecule has 0 saturated carbocycles. The second-order valence-corrected chi connectivity index (χ2v) is 12.3. The van der Waals surface area contributed by atoms with Crippen LogP contribution in [0.4, 0.5) is 0 Å². The van der Waals surface area contributed by atoms with Gasteiger partial charge < -0.3 is 4.40 Å². The van der Waals surface area contributed by atoms with Crippen LogP contribution in [0.1, 0.15) is 26.3 Å². The van der Waals surface area contributed by atoms with E-state index in [0.717, 1.165) is 0 Å². The fourth-order valence-electron chi connectivity index (χ4n) is 6.98. The maximum absolute atomic E-state index is 2.53. The van der Waals surface area contributed by atoms with Crippen molar-refractivity contribution in [3.8, 4) is 0 Å². The fraction of sp³-hybridized carbons (Fsp3) is 0.105. The molecule has 0 unspecified atom stereocenters. The van der Waals surface area contributed by atoms with Crippen LogP contribution in [0.25, 0.3) is 81.2 Å². The van der Waals surface area contributed by atoms with Crippen LogP contribution >= 0.6 is 0 Å². The number of hydrogen-bond donors (Lipinski definition) is 0. The van der Waals surface area contributed by atoms with Crippen LogP contribution in [-0.2, 0) is 5.41 Å². The SMILES string of the molecule is CC(C)(C)c1cc2c3cc4c(ccc5ccccc54)cc3n3c4cc5ccc6ccccc6c5cc4c(c1)c23. The van der Waals surface area contributed by atoms with Gasteiger partial charge in [0.2, 0.25) is 0 Å². The Kier molecular flexibility index (Phi) is 3.86. The van der Waals surface area contributed by atoms with Crippen molar-refractivity contribution in [3.05, 3.63) is 115 Å². The molecule has 39 heavy (non-hydrogen) atoms. The monoisotopic (exact) mass is 497 g/mol. The van der Waals surface area contributed by atoms with Crippen molar-refractivity contribution in [1.82, 2.24) is 4.40 Å². The lowest BCUT2D eigenvalue weighted by molar-refractivity contribution is 0.592. The Bertz CT molecular complexity index is 2300. The van der Waals surface area contributed by atoms with Crippen molar-refractivity contribution in [2.75, 3.05) is 0 Å². The summed E-state index contributed by atoms with van der Waals surface area (Å²) in [6.07, 6.45) is 0. The first-order valence-corrected chi connectivity index (χ1v) is 13.9. The zero-order valence-electron chi connectivity index (χ0n) is 22.3. The standard InChI is InChI=1S/C38H27N/c1-38(2,3)26-18-33-31-20-29-24(14-12-22-8-4-6-10-27(22)29)16-35(31)39-36-17-25-15-13-23-9-5-7-11-28(23)30(25)21-32(36)34(19-26)37(33)39/h4-21H,1-3H3. The third-order valence-corrected chi connectivity index (χ3v) is 8.98. The quantitative estimate of drug-likeness (QED) is 0.184. The first-order chi connectivity index (χ1) is 19.0. The van der Waals surface area contributed by atoms with E-state index in [9.17, 15) is 0 Å². The molecule has 2 aromatic heterocycles. The molecule has 0 N–H and O–H groups in total. The highest BCUT2D eigenvalue weighted by Crippen LogP contribution is 2.44. The highest BCUT2D eigenvalue weighted by molar-refractivity contribution is 6.28. The third-order valence-electron chi connectivity index (χ3n) is 8.98. The molecule has 0 fully saturated rings. The Hall–Kier alpha value is -4.62. The number of hydrogen-bond acceptors (Lipinski definition) is 0. The Morgan fingerprint density at radius 3 is 1.36 bits per heavy atom. The molecule has 7 aromatic carbocycles. The summed E-state index contributed by atoms with van der Waals surface area (Å²) in [6, 6.07) is 41.2. The van der Waals surface area contributed by atoms with Crippen LogP contribution in [0.5, 0.6) is 0 Å². The molecular formula is C38H27N. The lowest BCUT2D eigenvalue weighted by atomic mass is 9.85. The van der Waals surface area contributed by atoms with E-state index < -0.39 is 0 Å². The van der Waals surface area contributed by atoms with E-state index in [1.54, 1.807) is 0 Å². The fourth-order valence-corrected chi connectivity index (χ4v) is 6.98. The lowest BCUT2D eigenvalue weighted by Crippen LogP contribution is -2.10. The molecule has 0 radical (unpaired) electrons. The summed E-state index contributed by atoms with van der Waals surface area (Å²) in [5.74, 6) is 0. The maximum atomic E-state index is 2.53. The Labute approximate surface area is 226 Å². The van der Waals surface area contributed by atoms with Crippen LogP contribution in [0, 0.1) is 0 Å². The summed E-state index contributed by atoms with van der Waals surface area (Å²) >= 11 is 0. The molecule has 184 valence electrons. The Balaban J connectivity index is 1.54. The number of benzene rings is 7. The molecule has 9 rings (SSSR count). The molecular weight excluding hydrogens is 470 g/mol. The summed E-state index contributed by atoms with van der Waals surface area (Å²) in [5.41, 5.74) is 5.35. The van der Waals surface area contributed by atoms with Gasteiger partial charge in [-0.3, -0.25) is 0 Å². The summed E-state index contributed by atoms with van der Waals surface area (Å²) in [5, 5.41) is 15.8. The number of nitrogens with zero attached hydrogens (tertiary/aromatic N) is 1. The van der Waals surface area contributed by atoms with Crippen LogP contribution in [0.3, 0.4) is 0 Å². The molecule has 0 aliphatic heterocycles. The highest BCUT2D eigenvalue weighted by atomic mass is 14.9. The highest BCUT2D eigenvalue weighted by Gasteiger charge is 2.23. The van der Waals surface area contributed by atoms with Crippen molar-refractivity contribution in [2.45, 2.75) is 26.2 Å². The summed E-state index contributed by atoms with van der Waals surface area (Å²) in [4.78, 5) is 0. The molecule has 1 heteroatoms. The van der Waals surface area contributed by atoms with Gasteiger partial charge >= 0.3 is 0 Å². The van der Waals surface area contributed by atoms with Crippen LogP contribution < -0.4 is 0 Å². The van der Waals surface area contributed by atoms with Crippen molar-refractivity contribution >= 4 is 81.2 Å². The van der Waals surface area contributed by atoms with Crippen molar-refractivity contribution < 1.29 is 0 Å². The van der Waals surface area contributed by atoms with Gasteiger partial charge in [-0.05, 0) is 90.5 Å². The first-order valence-electron chi connectivity index (χ1n) is 13.9. The van der Waals surface area contributed by atoms with Crippen molar-refractivity contribution in [3.63, 3.8) is 0 Å². The zero-order valence-corrected chi connectivity index (χ0v) is 22.3. The number of fused-ring (bicyclic) bond motifs is 12. The average Bonchev–Trinajstić information content (AvgIpc) is 3.45. The third kappa shape index (κ3) is 2.75. The van der Waals surface area contributed by atoms with Gasteiger partial charge in [0.05, 0.1) is 16.6 Å². The largest absolute Gasteiger partial charge is 0.308 e. The molecule has 0 amide bonds. The van der Waals surface area contributed by atoms with E-state index in [4.69, 9.17) is 0 Å². The second kappa shape index (κ2) is 7.07. The van der Waals surface area contributed by atoms with E-state index in [1.165, 1.54) is 86.7 Å². The van der Waals surface area contributed by atoms with Gasteiger partial charge in [0, 0.05) is 21.5 Å². The minimum atomic E-state index is 0.0506. The molecule has 0 aliphatic rings. The van der Waals surface area contributed by atoms with Crippen LogP contribution in [-0.4, -0.2) is 4.40 Å². The van der Waals surface area contributed by atoms with E-state index in [1.807, 2.05) is 0 Å². The van der Waals surface area contributed by atoms with E-state index in [0.29, 0.717) is 0 Å². The van der Waals surface area contributed by atoms with Crippen molar-refractivity contribution in [1.29, 1.82) is 0 Å². The van der Waals surface area contributed by atoms with Gasteiger partial charge in [0.25, 0.3) is 0 Å². The Morgan fingerprint density at radius 2 is 0.872 bits per heavy atom.